The Hall–Kier alpha value is -8.44. The number of amides is 2. The van der Waals surface area contributed by atoms with Crippen LogP contribution in [0.1, 0.15) is 62.0 Å². The fourth-order valence-electron chi connectivity index (χ4n) is 12.0. The summed E-state index contributed by atoms with van der Waals surface area (Å²) in [7, 11) is 0. The van der Waals surface area contributed by atoms with Crippen molar-refractivity contribution in [3.63, 3.8) is 0 Å². The predicted octanol–water partition coefficient (Wildman–Crippen LogP) is 11.3. The zero-order chi connectivity index (χ0) is 63.2. The topological polar surface area (TPSA) is 213 Å². The average molecular weight is 1280 g/mol. The van der Waals surface area contributed by atoms with Gasteiger partial charge in [-0.15, -0.1) is 0 Å². The van der Waals surface area contributed by atoms with E-state index >= 15 is 17.6 Å². The maximum Gasteiger partial charge on any atom is 0.354 e. The van der Waals surface area contributed by atoms with Crippen LogP contribution >= 0.6 is 46.4 Å². The van der Waals surface area contributed by atoms with E-state index in [4.69, 9.17) is 67.3 Å². The molecule has 8 aromatic rings. The van der Waals surface area contributed by atoms with E-state index in [-0.39, 0.29) is 149 Å². The van der Waals surface area contributed by atoms with Crippen molar-refractivity contribution in [1.29, 1.82) is 0 Å². The van der Waals surface area contributed by atoms with Crippen LogP contribution in [-0.4, -0.2) is 115 Å². The Morgan fingerprint density at radius 2 is 0.977 bits per heavy atom. The van der Waals surface area contributed by atoms with Gasteiger partial charge in [-0.3, -0.25) is 28.7 Å². The first kappa shape index (κ1) is 61.2. The summed E-state index contributed by atoms with van der Waals surface area (Å²) in [5.74, 6) is -4.63. The van der Waals surface area contributed by atoms with Gasteiger partial charge in [0.15, 0.2) is 34.8 Å². The molecule has 0 spiro atoms. The number of nitrogens with two attached hydrogens (primary N) is 2. The molecular weight excluding hydrogens is 1230 g/mol. The number of benzene rings is 4. The quantitative estimate of drug-likeness (QED) is 0.0627. The second kappa shape index (κ2) is 23.6. The van der Waals surface area contributed by atoms with Gasteiger partial charge >= 0.3 is 11.4 Å². The first-order chi connectivity index (χ1) is 41.9. The lowest BCUT2D eigenvalue weighted by molar-refractivity contribution is -0.127. The highest BCUT2D eigenvalue weighted by molar-refractivity contribution is 6.38. The van der Waals surface area contributed by atoms with Gasteiger partial charge in [0.05, 0.1) is 88.1 Å². The molecule has 12 rings (SSSR count). The number of carbonyl (C=O) groups excluding carboxylic acids is 2. The maximum atomic E-state index is 16.7. The normalized spacial score (nSPS) is 16.1. The molecule has 4 aliphatic heterocycles. The molecule has 4 aromatic heterocycles. The standard InChI is InChI=1S/2C31H28Cl2F2N6O3/c2*1-5-21(42)39-8-9-40-16(12-39)13-44-29-23-20(10-17(24(29)34)22-25(35)18(32)11-19(33)26(22)36)41(31(43)38-30(23)40)28-15(4)6-7-37-27(28)14(2)3/h2*5-7,10-11,14,16H,1,8-9,12-13,36H2,2-4H3/t2*16-/m11/s1. The molecule has 0 aliphatic carbocycles. The van der Waals surface area contributed by atoms with Crippen LogP contribution in [0.3, 0.4) is 0 Å². The van der Waals surface area contributed by atoms with Gasteiger partial charge in [-0.1, -0.05) is 87.3 Å². The zero-order valence-electron chi connectivity index (χ0n) is 48.3. The van der Waals surface area contributed by atoms with Crippen LogP contribution in [0, 0.1) is 37.1 Å². The van der Waals surface area contributed by atoms with Gasteiger partial charge in [0.2, 0.25) is 11.8 Å². The number of anilines is 4. The highest BCUT2D eigenvalue weighted by Crippen LogP contribution is 2.49. The molecular formula is C62H56Cl4F4N12O6. The second-order valence-corrected chi connectivity index (χ2v) is 23.9. The van der Waals surface area contributed by atoms with Crippen LogP contribution in [0.2, 0.25) is 20.1 Å². The van der Waals surface area contributed by atoms with Crippen LogP contribution in [0.5, 0.6) is 11.5 Å². The summed E-state index contributed by atoms with van der Waals surface area (Å²) >= 11 is 24.8. The van der Waals surface area contributed by atoms with E-state index in [2.05, 4.69) is 33.1 Å². The molecule has 2 atom stereocenters. The van der Waals surface area contributed by atoms with Crippen molar-refractivity contribution >= 4 is 103 Å². The fraction of sp³-hybridized carbons (Fsp3) is 0.290. The number of aromatic nitrogens is 6. The molecule has 4 aromatic carbocycles. The number of halogens is 8. The molecule has 4 N–H and O–H groups in total. The summed E-state index contributed by atoms with van der Waals surface area (Å²) in [6.45, 7) is 20.1. The molecule has 26 heteroatoms. The molecule has 8 heterocycles. The van der Waals surface area contributed by atoms with Gasteiger partial charge in [-0.05, 0) is 85.4 Å². The molecule has 18 nitrogen and oxygen atoms in total. The minimum absolute atomic E-state index is 0.0572. The summed E-state index contributed by atoms with van der Waals surface area (Å²) < 4.78 is 79.7. The smallest absolute Gasteiger partial charge is 0.354 e. The molecule has 0 bridgehead atoms. The number of piperazine rings is 2. The van der Waals surface area contributed by atoms with Gasteiger partial charge < -0.3 is 40.5 Å². The number of carbonyl (C=O) groups is 2. The Balaban J connectivity index is 0.000000182. The molecule has 456 valence electrons. The Bertz CT molecular complexity index is 4120. The molecule has 0 unspecified atom stereocenters. The van der Waals surface area contributed by atoms with Crippen molar-refractivity contribution in [3.05, 3.63) is 161 Å². The summed E-state index contributed by atoms with van der Waals surface area (Å²) in [4.78, 5) is 78.0. The molecule has 0 radical (unpaired) electrons. The van der Waals surface area contributed by atoms with Gasteiger partial charge in [-0.2, -0.15) is 9.97 Å². The number of fused-ring (bicyclic) bond motifs is 4. The third-order valence-corrected chi connectivity index (χ3v) is 17.4. The Labute approximate surface area is 521 Å². The van der Waals surface area contributed by atoms with Crippen molar-refractivity contribution in [2.75, 3.05) is 73.7 Å². The molecule has 0 saturated carbocycles. The number of aryl methyl sites for hydroxylation is 2. The highest BCUT2D eigenvalue weighted by atomic mass is 35.5. The molecule has 4 aliphatic rings. The van der Waals surface area contributed by atoms with Crippen molar-refractivity contribution in [2.24, 2.45) is 0 Å². The SMILES string of the molecule is C=CC(=O)N1CCN2c3nc(=O)n(-c4c(C)ccnc4C(C)C)c4cc(-c5c(N)c(Cl)cc(Cl)c5F)c(F)c(c34)OC[C@H]2C1.C=CC(=O)N1CCN2c3nc(=O)n(-c4c(C)ccnc4C(C)C)c4cc(-c5c(N)c(Cl)cc(Cl)c5F)c(F)c(c34)OC[C@H]2C1. The van der Waals surface area contributed by atoms with Crippen LogP contribution in [-0.2, 0) is 9.59 Å². The number of nitrogen functional groups attached to an aromatic ring is 2. The van der Waals surface area contributed by atoms with E-state index in [1.807, 2.05) is 51.3 Å². The number of ether oxygens (including phenoxy) is 2. The first-order valence-electron chi connectivity index (χ1n) is 27.9. The molecule has 2 fully saturated rings. The largest absolute Gasteiger partial charge is 0.487 e. The van der Waals surface area contributed by atoms with Crippen LogP contribution in [0.25, 0.3) is 55.4 Å². The van der Waals surface area contributed by atoms with E-state index < -0.39 is 46.7 Å². The third kappa shape index (κ3) is 10.2. The van der Waals surface area contributed by atoms with Gasteiger partial charge in [0, 0.05) is 73.9 Å². The fourth-order valence-corrected chi connectivity index (χ4v) is 12.9. The van der Waals surface area contributed by atoms with Crippen molar-refractivity contribution in [1.82, 2.24) is 38.9 Å². The lowest BCUT2D eigenvalue weighted by Gasteiger charge is -2.40. The summed E-state index contributed by atoms with van der Waals surface area (Å²) in [5.41, 5.74) is 13.3. The number of hydrogen-bond acceptors (Lipinski definition) is 14. The predicted molar refractivity (Wildman–Crippen MR) is 334 cm³/mol. The van der Waals surface area contributed by atoms with Gasteiger partial charge in [0.25, 0.3) is 0 Å². The van der Waals surface area contributed by atoms with E-state index in [9.17, 15) is 19.2 Å². The molecule has 2 saturated heterocycles. The Morgan fingerprint density at radius 3 is 1.33 bits per heavy atom. The summed E-state index contributed by atoms with van der Waals surface area (Å²) in [6, 6.07) is 7.55. The summed E-state index contributed by atoms with van der Waals surface area (Å²) in [6.07, 6.45) is 5.75. The molecule has 88 heavy (non-hydrogen) atoms. The minimum atomic E-state index is -0.979. The monoisotopic (exact) mass is 1280 g/mol. The third-order valence-electron chi connectivity index (χ3n) is 16.2. The number of pyridine rings is 2. The lowest BCUT2D eigenvalue weighted by atomic mass is 9.98. The minimum Gasteiger partial charge on any atom is -0.487 e. The highest BCUT2D eigenvalue weighted by Gasteiger charge is 2.40. The number of rotatable bonds is 8. The van der Waals surface area contributed by atoms with Crippen molar-refractivity contribution < 1.29 is 36.6 Å². The van der Waals surface area contributed by atoms with Crippen molar-refractivity contribution in [3.8, 4) is 45.1 Å². The number of hydrogen-bond donors (Lipinski definition) is 2. The van der Waals surface area contributed by atoms with E-state index in [0.29, 0.717) is 48.9 Å². The lowest BCUT2D eigenvalue weighted by Crippen LogP contribution is -2.56. The second-order valence-electron chi connectivity index (χ2n) is 22.2. The maximum absolute atomic E-state index is 16.7. The van der Waals surface area contributed by atoms with Gasteiger partial charge in [-0.25, -0.2) is 27.2 Å². The van der Waals surface area contributed by atoms with Crippen LogP contribution < -0.4 is 42.1 Å². The van der Waals surface area contributed by atoms with Crippen LogP contribution in [0.15, 0.2) is 83.7 Å². The van der Waals surface area contributed by atoms with Crippen molar-refractivity contribution in [2.45, 2.75) is 65.5 Å². The van der Waals surface area contributed by atoms with E-state index in [1.54, 1.807) is 34.3 Å². The van der Waals surface area contributed by atoms with E-state index in [0.717, 1.165) is 23.3 Å². The summed E-state index contributed by atoms with van der Waals surface area (Å²) in [5, 5.41) is -0.427. The van der Waals surface area contributed by atoms with Gasteiger partial charge in [0.1, 0.15) is 24.8 Å². The van der Waals surface area contributed by atoms with E-state index in [1.165, 1.54) is 33.4 Å². The zero-order valence-corrected chi connectivity index (χ0v) is 51.3. The Morgan fingerprint density at radius 1 is 0.602 bits per heavy atom. The average Bonchev–Trinajstić information content (AvgIpc) is 1.21. The first-order valence-corrected chi connectivity index (χ1v) is 29.4. The molecule has 2 amide bonds. The number of nitrogens with zero attached hydrogens (tertiary/aromatic N) is 10. The van der Waals surface area contributed by atoms with Crippen LogP contribution in [0.4, 0.5) is 40.6 Å². The Kier molecular flexibility index (Phi) is 16.4.